The third-order valence-corrected chi connectivity index (χ3v) is 3.15. The first-order valence-electron chi connectivity index (χ1n) is 6.32. The van der Waals surface area contributed by atoms with Crippen molar-refractivity contribution in [2.45, 2.75) is 32.5 Å². The molecule has 0 aromatic heterocycles. The molecule has 0 unspecified atom stereocenters. The standard InChI is InChI=1S/C9H18N2O.C3H4F3NO/c1-8(12)9(2,3)11-6-4-10-5-7-11;4-3(5,6)1-7-2-8/h10H,4-7H2,1-3H3;2H,1H2,(H,7,8). The highest BCUT2D eigenvalue weighted by molar-refractivity contribution is 5.85. The quantitative estimate of drug-likeness (QED) is 0.744. The van der Waals surface area contributed by atoms with Gasteiger partial charge in [-0.25, -0.2) is 0 Å². The van der Waals surface area contributed by atoms with E-state index < -0.39 is 12.7 Å². The van der Waals surface area contributed by atoms with E-state index in [4.69, 9.17) is 0 Å². The maximum Gasteiger partial charge on any atom is 0.405 e. The fourth-order valence-electron chi connectivity index (χ4n) is 1.60. The number of nitrogens with one attached hydrogen (secondary N) is 2. The number of halogens is 3. The Morgan fingerprint density at radius 1 is 1.30 bits per heavy atom. The Bertz CT molecular complexity index is 314. The molecule has 0 saturated carbocycles. The monoisotopic (exact) mass is 297 g/mol. The summed E-state index contributed by atoms with van der Waals surface area (Å²) >= 11 is 0. The van der Waals surface area contributed by atoms with E-state index in [1.54, 1.807) is 6.92 Å². The van der Waals surface area contributed by atoms with Crippen LogP contribution in [0.15, 0.2) is 0 Å². The zero-order chi connectivity index (χ0) is 15.8. The summed E-state index contributed by atoms with van der Waals surface area (Å²) in [5, 5.41) is 4.76. The molecule has 118 valence electrons. The van der Waals surface area contributed by atoms with Gasteiger partial charge in [-0.2, -0.15) is 13.2 Å². The number of carbonyl (C=O) groups is 2. The molecule has 1 heterocycles. The van der Waals surface area contributed by atoms with Crippen LogP contribution >= 0.6 is 0 Å². The molecule has 20 heavy (non-hydrogen) atoms. The van der Waals surface area contributed by atoms with Gasteiger partial charge in [0.05, 0.1) is 5.54 Å². The largest absolute Gasteiger partial charge is 0.405 e. The molecular formula is C12H22F3N3O2. The number of nitrogens with zero attached hydrogens (tertiary/aromatic N) is 1. The van der Waals surface area contributed by atoms with Crippen LogP contribution in [0.1, 0.15) is 20.8 Å². The van der Waals surface area contributed by atoms with E-state index in [2.05, 4.69) is 10.2 Å². The minimum Gasteiger partial charge on any atom is -0.350 e. The van der Waals surface area contributed by atoms with Gasteiger partial charge in [-0.05, 0) is 20.8 Å². The van der Waals surface area contributed by atoms with Gasteiger partial charge in [0.2, 0.25) is 6.41 Å². The second kappa shape index (κ2) is 8.21. The maximum absolute atomic E-state index is 11.3. The smallest absolute Gasteiger partial charge is 0.350 e. The molecule has 8 heteroatoms. The van der Waals surface area contributed by atoms with Gasteiger partial charge in [-0.1, -0.05) is 0 Å². The van der Waals surface area contributed by atoms with E-state index >= 15 is 0 Å². The molecular weight excluding hydrogens is 275 g/mol. The first kappa shape index (κ1) is 18.9. The summed E-state index contributed by atoms with van der Waals surface area (Å²) in [5.74, 6) is 0.254. The predicted octanol–water partition coefficient (Wildman–Crippen LogP) is 0.554. The summed E-state index contributed by atoms with van der Waals surface area (Å²) in [6.45, 7) is 8.37. The van der Waals surface area contributed by atoms with Crippen molar-refractivity contribution in [3.8, 4) is 0 Å². The Labute approximate surface area is 116 Å². The number of rotatable bonds is 4. The molecule has 0 atom stereocenters. The molecule has 5 nitrogen and oxygen atoms in total. The highest BCUT2D eigenvalue weighted by Gasteiger charge is 2.31. The Hall–Kier alpha value is -1.15. The third-order valence-electron chi connectivity index (χ3n) is 3.15. The van der Waals surface area contributed by atoms with Crippen LogP contribution in [0.5, 0.6) is 0 Å². The summed E-state index contributed by atoms with van der Waals surface area (Å²) < 4.78 is 33.1. The topological polar surface area (TPSA) is 61.4 Å². The van der Waals surface area contributed by atoms with Crippen LogP contribution in [0.4, 0.5) is 13.2 Å². The number of hydrogen-bond donors (Lipinski definition) is 2. The fraction of sp³-hybridized carbons (Fsp3) is 0.833. The van der Waals surface area contributed by atoms with Crippen LogP contribution in [-0.2, 0) is 9.59 Å². The molecule has 1 saturated heterocycles. The number of alkyl halides is 3. The van der Waals surface area contributed by atoms with Crippen molar-refractivity contribution >= 4 is 12.2 Å². The van der Waals surface area contributed by atoms with Crippen LogP contribution in [0.25, 0.3) is 0 Å². The summed E-state index contributed by atoms with van der Waals surface area (Å²) in [5.41, 5.74) is -0.276. The van der Waals surface area contributed by atoms with E-state index in [1.165, 1.54) is 5.32 Å². The third kappa shape index (κ3) is 7.44. The van der Waals surface area contributed by atoms with E-state index in [1.807, 2.05) is 13.8 Å². The number of ketones is 1. The van der Waals surface area contributed by atoms with Crippen LogP contribution in [0.3, 0.4) is 0 Å². The van der Waals surface area contributed by atoms with E-state index in [0.717, 1.165) is 26.2 Å². The van der Waals surface area contributed by atoms with E-state index in [-0.39, 0.29) is 17.7 Å². The van der Waals surface area contributed by atoms with Gasteiger partial charge in [0.15, 0.2) is 0 Å². The second-order valence-electron chi connectivity index (χ2n) is 4.97. The van der Waals surface area contributed by atoms with Crippen molar-refractivity contribution in [2.24, 2.45) is 0 Å². The van der Waals surface area contributed by atoms with Crippen LogP contribution in [0.2, 0.25) is 0 Å². The minimum atomic E-state index is -4.29. The Kier molecular flexibility index (Phi) is 7.74. The van der Waals surface area contributed by atoms with Gasteiger partial charge in [0, 0.05) is 26.2 Å². The Balaban J connectivity index is 0.000000396. The molecule has 0 aromatic carbocycles. The number of piperazine rings is 1. The molecule has 1 amide bonds. The van der Waals surface area contributed by atoms with Gasteiger partial charge in [-0.3, -0.25) is 14.5 Å². The predicted molar refractivity (Wildman–Crippen MR) is 69.3 cm³/mol. The van der Waals surface area contributed by atoms with Gasteiger partial charge in [-0.15, -0.1) is 0 Å². The van der Waals surface area contributed by atoms with E-state index in [9.17, 15) is 22.8 Å². The van der Waals surface area contributed by atoms with Crippen molar-refractivity contribution in [1.29, 1.82) is 0 Å². The molecule has 0 aromatic rings. The van der Waals surface area contributed by atoms with Crippen molar-refractivity contribution in [1.82, 2.24) is 15.5 Å². The number of hydrogen-bond acceptors (Lipinski definition) is 4. The lowest BCUT2D eigenvalue weighted by molar-refractivity contribution is -0.132. The molecule has 2 N–H and O–H groups in total. The van der Waals surface area contributed by atoms with Gasteiger partial charge in [0.1, 0.15) is 12.3 Å². The highest BCUT2D eigenvalue weighted by atomic mass is 19.4. The number of Topliss-reactive ketones (excluding diaryl/α,β-unsaturated/α-hetero) is 1. The lowest BCUT2D eigenvalue weighted by atomic mass is 9.97. The first-order valence-corrected chi connectivity index (χ1v) is 6.32. The van der Waals surface area contributed by atoms with Gasteiger partial charge in [0.25, 0.3) is 0 Å². The van der Waals surface area contributed by atoms with Crippen LogP contribution in [0, 0.1) is 0 Å². The van der Waals surface area contributed by atoms with Crippen LogP contribution in [-0.4, -0.2) is 61.5 Å². The second-order valence-corrected chi connectivity index (χ2v) is 4.97. The maximum atomic E-state index is 11.3. The van der Waals surface area contributed by atoms with Crippen LogP contribution < -0.4 is 10.6 Å². The zero-order valence-electron chi connectivity index (χ0n) is 12.0. The average molecular weight is 297 g/mol. The Morgan fingerprint density at radius 2 is 1.80 bits per heavy atom. The normalized spacial score (nSPS) is 16.9. The molecule has 1 fully saturated rings. The number of carbonyl (C=O) groups excluding carboxylic acids is 2. The van der Waals surface area contributed by atoms with E-state index in [0.29, 0.717) is 0 Å². The lowest BCUT2D eigenvalue weighted by Crippen LogP contribution is -2.56. The summed E-state index contributed by atoms with van der Waals surface area (Å²) in [4.78, 5) is 22.8. The van der Waals surface area contributed by atoms with Gasteiger partial charge < -0.3 is 10.6 Å². The minimum absolute atomic E-state index is 0.00743. The van der Waals surface area contributed by atoms with Crippen molar-refractivity contribution in [3.05, 3.63) is 0 Å². The first-order chi connectivity index (χ1) is 9.11. The fourth-order valence-corrected chi connectivity index (χ4v) is 1.60. The van der Waals surface area contributed by atoms with Crippen molar-refractivity contribution in [2.75, 3.05) is 32.7 Å². The zero-order valence-corrected chi connectivity index (χ0v) is 12.0. The summed E-state index contributed by atoms with van der Waals surface area (Å²) in [7, 11) is 0. The number of amides is 1. The molecule has 0 spiro atoms. The molecule has 0 bridgehead atoms. The molecule has 1 rings (SSSR count). The molecule has 0 aliphatic carbocycles. The van der Waals surface area contributed by atoms with Crippen molar-refractivity contribution in [3.63, 3.8) is 0 Å². The van der Waals surface area contributed by atoms with Crippen molar-refractivity contribution < 1.29 is 22.8 Å². The van der Waals surface area contributed by atoms with Gasteiger partial charge >= 0.3 is 6.18 Å². The SMILES string of the molecule is CC(=O)C(C)(C)N1CCNCC1.O=CNCC(F)(F)F. The summed E-state index contributed by atoms with van der Waals surface area (Å²) in [6, 6.07) is 0. The lowest BCUT2D eigenvalue weighted by Gasteiger charge is -2.39. The molecule has 0 radical (unpaired) electrons. The molecule has 1 aliphatic rings. The summed E-state index contributed by atoms with van der Waals surface area (Å²) in [6.07, 6.45) is -4.28. The Morgan fingerprint density at radius 3 is 2.10 bits per heavy atom. The average Bonchev–Trinajstić information content (AvgIpc) is 2.37. The molecule has 1 aliphatic heterocycles. The highest BCUT2D eigenvalue weighted by Crippen LogP contribution is 2.15.